The van der Waals surface area contributed by atoms with Gasteiger partial charge in [-0.3, -0.25) is 14.2 Å². The highest BCUT2D eigenvalue weighted by Crippen LogP contribution is 2.35. The van der Waals surface area contributed by atoms with Crippen LogP contribution in [0.3, 0.4) is 0 Å². The Morgan fingerprint density at radius 3 is 2.48 bits per heavy atom. The highest BCUT2D eigenvalue weighted by molar-refractivity contribution is 6.30. The maximum atomic E-state index is 14.8. The molecule has 0 amide bonds. The third-order valence-electron chi connectivity index (χ3n) is 5.09. The summed E-state index contributed by atoms with van der Waals surface area (Å²) in [5, 5.41) is 9.26. The molecule has 1 heterocycles. The molecule has 0 unspecified atom stereocenters. The average Bonchev–Trinajstić information content (AvgIpc) is 2.98. The van der Waals surface area contributed by atoms with Crippen molar-refractivity contribution in [2.24, 2.45) is 0 Å². The van der Waals surface area contributed by atoms with E-state index in [9.17, 15) is 27.9 Å². The van der Waals surface area contributed by atoms with Gasteiger partial charge < -0.3 is 9.84 Å². The first-order valence-corrected chi connectivity index (χ1v) is 9.84. The van der Waals surface area contributed by atoms with Crippen LogP contribution in [0.4, 0.5) is 13.2 Å². The van der Waals surface area contributed by atoms with Crippen molar-refractivity contribution in [1.82, 2.24) is 4.57 Å². The minimum absolute atomic E-state index is 0.0545. The topological polar surface area (TPSA) is 68.5 Å². The second-order valence-electron chi connectivity index (χ2n) is 7.13. The fraction of sp³-hybridized carbons (Fsp3) is 0.273. The molecule has 31 heavy (non-hydrogen) atoms. The molecule has 0 radical (unpaired) electrons. The standard InChI is InChI=1S/C22H19ClF3NO4/c1-4-10(2)31-18(28)8-13-11(3)27(17-9-16(25)21(29)20(26)19(13)17)22(30)12-5-6-14(23)15(24)7-12/h5-7,9-10,29H,4,8H2,1-3H3/t10-/m1/s1. The Labute approximate surface area is 181 Å². The number of hydrogen-bond donors (Lipinski definition) is 1. The molecule has 0 aliphatic rings. The average molecular weight is 454 g/mol. The summed E-state index contributed by atoms with van der Waals surface area (Å²) in [6.07, 6.45) is -0.229. The van der Waals surface area contributed by atoms with Crippen molar-refractivity contribution in [3.63, 3.8) is 0 Å². The van der Waals surface area contributed by atoms with Gasteiger partial charge in [-0.2, -0.15) is 0 Å². The van der Waals surface area contributed by atoms with E-state index in [0.29, 0.717) is 6.42 Å². The van der Waals surface area contributed by atoms with Gasteiger partial charge in [0.05, 0.1) is 23.1 Å². The Balaban J connectivity index is 2.22. The zero-order valence-electron chi connectivity index (χ0n) is 16.9. The number of phenolic OH excluding ortho intramolecular Hbond substituents is 1. The predicted molar refractivity (Wildman–Crippen MR) is 109 cm³/mol. The van der Waals surface area contributed by atoms with Gasteiger partial charge in [-0.1, -0.05) is 18.5 Å². The highest BCUT2D eigenvalue weighted by Gasteiger charge is 2.27. The first kappa shape index (κ1) is 22.7. The van der Waals surface area contributed by atoms with Gasteiger partial charge in [0.1, 0.15) is 5.82 Å². The number of rotatable bonds is 5. The van der Waals surface area contributed by atoms with Crippen LogP contribution < -0.4 is 0 Å². The van der Waals surface area contributed by atoms with E-state index in [1.165, 1.54) is 19.1 Å². The third-order valence-corrected chi connectivity index (χ3v) is 5.39. The van der Waals surface area contributed by atoms with E-state index in [1.54, 1.807) is 6.92 Å². The van der Waals surface area contributed by atoms with Crippen molar-refractivity contribution in [2.45, 2.75) is 39.7 Å². The van der Waals surface area contributed by atoms with E-state index < -0.39 is 41.5 Å². The fourth-order valence-corrected chi connectivity index (χ4v) is 3.40. The molecule has 1 atom stereocenters. The second kappa shape index (κ2) is 8.63. The summed E-state index contributed by atoms with van der Waals surface area (Å²) < 4.78 is 49.0. The zero-order chi connectivity index (χ0) is 23.0. The number of carbonyl (C=O) groups is 2. The second-order valence-corrected chi connectivity index (χ2v) is 7.54. The smallest absolute Gasteiger partial charge is 0.310 e. The lowest BCUT2D eigenvalue weighted by atomic mass is 10.1. The van der Waals surface area contributed by atoms with Crippen LogP contribution in [0.25, 0.3) is 10.9 Å². The summed E-state index contributed by atoms with van der Waals surface area (Å²) in [7, 11) is 0. The number of hydrogen-bond acceptors (Lipinski definition) is 4. The lowest BCUT2D eigenvalue weighted by Gasteiger charge is -2.11. The Hall–Kier alpha value is -3.00. The largest absolute Gasteiger partial charge is 0.503 e. The van der Waals surface area contributed by atoms with Crippen LogP contribution in [0, 0.1) is 24.4 Å². The summed E-state index contributed by atoms with van der Waals surface area (Å²) in [6.45, 7) is 4.94. The molecular formula is C22H19ClF3NO4. The monoisotopic (exact) mass is 453 g/mol. The van der Waals surface area contributed by atoms with E-state index in [2.05, 4.69) is 0 Å². The Bertz CT molecular complexity index is 1210. The van der Waals surface area contributed by atoms with Gasteiger partial charge in [0, 0.05) is 22.7 Å². The first-order valence-electron chi connectivity index (χ1n) is 9.46. The number of fused-ring (bicyclic) bond motifs is 1. The molecule has 3 aromatic rings. The number of halogens is 4. The van der Waals surface area contributed by atoms with Crippen molar-refractivity contribution in [2.75, 3.05) is 0 Å². The molecule has 1 aromatic heterocycles. The van der Waals surface area contributed by atoms with Gasteiger partial charge in [0.25, 0.3) is 5.91 Å². The predicted octanol–water partition coefficient (Wildman–Crippen LogP) is 5.30. The SMILES string of the molecule is CC[C@@H](C)OC(=O)Cc1c(C)n(C(=O)c2ccc(Cl)c(F)c2)c2cc(F)c(O)c(F)c12. The van der Waals surface area contributed by atoms with Crippen molar-refractivity contribution in [1.29, 1.82) is 0 Å². The van der Waals surface area contributed by atoms with E-state index in [0.717, 1.165) is 16.7 Å². The Morgan fingerprint density at radius 1 is 1.19 bits per heavy atom. The molecule has 0 fully saturated rings. The molecule has 0 bridgehead atoms. The molecule has 0 saturated carbocycles. The minimum Gasteiger partial charge on any atom is -0.503 e. The normalized spacial score (nSPS) is 12.2. The zero-order valence-corrected chi connectivity index (χ0v) is 17.7. The molecule has 3 rings (SSSR count). The van der Waals surface area contributed by atoms with Crippen molar-refractivity contribution in [3.05, 3.63) is 63.6 Å². The van der Waals surface area contributed by atoms with Crippen LogP contribution in [0.2, 0.25) is 5.02 Å². The summed E-state index contributed by atoms with van der Waals surface area (Å²) in [5.74, 6) is -6.13. The molecule has 0 aliphatic heterocycles. The minimum atomic E-state index is -1.31. The van der Waals surface area contributed by atoms with Crippen molar-refractivity contribution < 1.29 is 32.6 Å². The number of aromatic hydroxyl groups is 1. The number of ether oxygens (including phenoxy) is 1. The maximum absolute atomic E-state index is 14.8. The molecule has 164 valence electrons. The number of benzene rings is 2. The summed E-state index contributed by atoms with van der Waals surface area (Å²) in [5.41, 5.74) is -0.152. The van der Waals surface area contributed by atoms with E-state index in [-0.39, 0.29) is 38.9 Å². The lowest BCUT2D eigenvalue weighted by molar-refractivity contribution is -0.147. The van der Waals surface area contributed by atoms with Crippen LogP contribution in [0.15, 0.2) is 24.3 Å². The van der Waals surface area contributed by atoms with Crippen LogP contribution >= 0.6 is 11.6 Å². The van der Waals surface area contributed by atoms with Crippen LogP contribution in [-0.4, -0.2) is 27.7 Å². The van der Waals surface area contributed by atoms with Gasteiger partial charge >= 0.3 is 5.97 Å². The summed E-state index contributed by atoms with van der Waals surface area (Å²) >= 11 is 5.66. The first-order chi connectivity index (χ1) is 14.6. The van der Waals surface area contributed by atoms with Gasteiger partial charge in [-0.05, 0) is 44.0 Å². The summed E-state index contributed by atoms with van der Waals surface area (Å²) in [4.78, 5) is 25.4. The summed E-state index contributed by atoms with van der Waals surface area (Å²) in [6, 6.07) is 4.14. The molecule has 0 saturated heterocycles. The number of carbonyl (C=O) groups excluding carboxylic acids is 2. The maximum Gasteiger partial charge on any atom is 0.310 e. The molecule has 9 heteroatoms. The third kappa shape index (κ3) is 4.12. The molecule has 1 N–H and O–H groups in total. The van der Waals surface area contributed by atoms with Gasteiger partial charge in [-0.25, -0.2) is 13.2 Å². The van der Waals surface area contributed by atoms with Crippen molar-refractivity contribution in [3.8, 4) is 5.75 Å². The Morgan fingerprint density at radius 2 is 1.87 bits per heavy atom. The number of phenols is 1. The molecule has 2 aromatic carbocycles. The molecule has 5 nitrogen and oxygen atoms in total. The quantitative estimate of drug-likeness (QED) is 0.532. The van der Waals surface area contributed by atoms with Gasteiger partial charge in [-0.15, -0.1) is 0 Å². The van der Waals surface area contributed by atoms with E-state index in [4.69, 9.17) is 16.3 Å². The van der Waals surface area contributed by atoms with E-state index >= 15 is 0 Å². The molecule has 0 spiro atoms. The van der Waals surface area contributed by atoms with Crippen LogP contribution in [0.5, 0.6) is 5.75 Å². The number of esters is 1. The Kier molecular flexibility index (Phi) is 6.31. The van der Waals surface area contributed by atoms with E-state index in [1.807, 2.05) is 6.92 Å². The molecular weight excluding hydrogens is 435 g/mol. The molecule has 0 aliphatic carbocycles. The number of nitrogens with zero attached hydrogens (tertiary/aromatic N) is 1. The van der Waals surface area contributed by atoms with Crippen LogP contribution in [0.1, 0.15) is 41.9 Å². The number of aromatic nitrogens is 1. The highest BCUT2D eigenvalue weighted by atomic mass is 35.5. The van der Waals surface area contributed by atoms with Crippen LogP contribution in [-0.2, 0) is 16.0 Å². The van der Waals surface area contributed by atoms with Crippen molar-refractivity contribution >= 4 is 34.4 Å². The fourth-order valence-electron chi connectivity index (χ4n) is 3.29. The lowest BCUT2D eigenvalue weighted by Crippen LogP contribution is -2.17. The van der Waals surface area contributed by atoms with Gasteiger partial charge in [0.15, 0.2) is 17.4 Å². The van der Waals surface area contributed by atoms with Gasteiger partial charge in [0.2, 0.25) is 0 Å².